The van der Waals surface area contributed by atoms with Crippen LogP contribution in [0.3, 0.4) is 0 Å². The van der Waals surface area contributed by atoms with Crippen molar-refractivity contribution in [2.24, 2.45) is 0 Å². The van der Waals surface area contributed by atoms with E-state index in [4.69, 9.17) is 6.42 Å². The van der Waals surface area contributed by atoms with Gasteiger partial charge in [-0.25, -0.2) is 0 Å². The highest BCUT2D eigenvalue weighted by Gasteiger charge is 2.31. The van der Waals surface area contributed by atoms with E-state index >= 15 is 0 Å². The van der Waals surface area contributed by atoms with E-state index in [0.717, 1.165) is 6.54 Å². The molecule has 0 aliphatic carbocycles. The summed E-state index contributed by atoms with van der Waals surface area (Å²) in [6.07, 6.45) is 5.33. The van der Waals surface area contributed by atoms with Gasteiger partial charge in [-0.05, 0) is 6.92 Å². The maximum atomic E-state index is 5.33. The number of nitrogens with zero attached hydrogens (tertiary/aromatic N) is 2. The zero-order chi connectivity index (χ0) is 9.97. The fraction of sp³-hybridized carbons (Fsp3) is 0.818. The summed E-state index contributed by atoms with van der Waals surface area (Å²) in [6, 6.07) is 0.875. The summed E-state index contributed by atoms with van der Waals surface area (Å²) in [5, 5.41) is 3.38. The maximum absolute atomic E-state index is 5.33. The predicted octanol–water partition coefficient (Wildman–Crippen LogP) is -0.402. The third kappa shape index (κ3) is 2.09. The second-order valence-electron chi connectivity index (χ2n) is 4.29. The van der Waals surface area contributed by atoms with Crippen molar-refractivity contribution >= 4 is 0 Å². The largest absolute Gasteiger partial charge is 0.302 e. The first-order valence-corrected chi connectivity index (χ1v) is 5.45. The molecule has 2 bridgehead atoms. The molecule has 78 valence electrons. The highest BCUT2D eigenvalue weighted by atomic mass is 15.3. The van der Waals surface area contributed by atoms with E-state index in [1.165, 1.54) is 32.7 Å². The molecule has 3 rings (SSSR count). The quantitative estimate of drug-likeness (QED) is 0.615. The summed E-state index contributed by atoms with van der Waals surface area (Å²) in [6.45, 7) is 9.25. The number of rotatable bonds is 3. The van der Waals surface area contributed by atoms with Gasteiger partial charge in [0.2, 0.25) is 0 Å². The summed E-state index contributed by atoms with van der Waals surface area (Å²) in [7, 11) is 0. The molecule has 0 aromatic heterocycles. The number of fused-ring (bicyclic) bond motifs is 3. The monoisotopic (exact) mass is 193 g/mol. The molecule has 3 nitrogen and oxygen atoms in total. The Morgan fingerprint density at radius 1 is 1.43 bits per heavy atom. The van der Waals surface area contributed by atoms with Gasteiger partial charge in [-0.15, -0.1) is 6.42 Å². The van der Waals surface area contributed by atoms with Crippen LogP contribution in [0.4, 0.5) is 0 Å². The van der Waals surface area contributed by atoms with Gasteiger partial charge in [0.1, 0.15) is 0 Å². The summed E-state index contributed by atoms with van der Waals surface area (Å²) in [5.74, 6) is 2.71. The van der Waals surface area contributed by atoms with Crippen LogP contribution < -0.4 is 5.32 Å². The molecule has 0 spiro atoms. The van der Waals surface area contributed by atoms with Gasteiger partial charge < -0.3 is 5.32 Å². The first kappa shape index (κ1) is 9.97. The highest BCUT2D eigenvalue weighted by Crippen LogP contribution is 2.14. The van der Waals surface area contributed by atoms with Crippen molar-refractivity contribution in [3.63, 3.8) is 0 Å². The van der Waals surface area contributed by atoms with Crippen molar-refractivity contribution in [1.29, 1.82) is 0 Å². The van der Waals surface area contributed by atoms with Crippen molar-refractivity contribution < 1.29 is 0 Å². The normalized spacial score (nSPS) is 37.9. The molecule has 2 unspecified atom stereocenters. The molecule has 3 heterocycles. The molecule has 3 aliphatic rings. The lowest BCUT2D eigenvalue weighted by Crippen LogP contribution is -2.63. The van der Waals surface area contributed by atoms with Crippen LogP contribution in [0, 0.1) is 12.3 Å². The van der Waals surface area contributed by atoms with Gasteiger partial charge in [-0.3, -0.25) is 9.80 Å². The number of piperazine rings is 3. The Morgan fingerprint density at radius 3 is 2.64 bits per heavy atom. The lowest BCUT2D eigenvalue weighted by molar-refractivity contribution is 0.0134. The van der Waals surface area contributed by atoms with E-state index in [0.29, 0.717) is 6.04 Å². The molecule has 0 saturated carbocycles. The van der Waals surface area contributed by atoms with Gasteiger partial charge in [-0.1, -0.05) is 5.92 Å². The van der Waals surface area contributed by atoms with Gasteiger partial charge in [0.05, 0.1) is 6.04 Å². The van der Waals surface area contributed by atoms with Crippen LogP contribution in [-0.2, 0) is 0 Å². The minimum Gasteiger partial charge on any atom is -0.302 e. The fourth-order valence-electron chi connectivity index (χ4n) is 2.29. The van der Waals surface area contributed by atoms with E-state index in [9.17, 15) is 0 Å². The minimum atomic E-state index is 0.201. The predicted molar refractivity (Wildman–Crippen MR) is 58.1 cm³/mol. The van der Waals surface area contributed by atoms with Crippen LogP contribution in [0.2, 0.25) is 0 Å². The fourth-order valence-corrected chi connectivity index (χ4v) is 2.29. The van der Waals surface area contributed by atoms with Gasteiger partial charge >= 0.3 is 0 Å². The van der Waals surface area contributed by atoms with E-state index < -0.39 is 0 Å². The number of hydrogen-bond acceptors (Lipinski definition) is 3. The Morgan fingerprint density at radius 2 is 2.14 bits per heavy atom. The molecule has 3 heteroatoms. The van der Waals surface area contributed by atoms with Gasteiger partial charge in [0.15, 0.2) is 0 Å². The van der Waals surface area contributed by atoms with Crippen LogP contribution in [0.1, 0.15) is 6.92 Å². The zero-order valence-corrected chi connectivity index (χ0v) is 8.87. The second kappa shape index (κ2) is 4.31. The molecule has 14 heavy (non-hydrogen) atoms. The molecule has 1 N–H and O–H groups in total. The molecule has 3 saturated heterocycles. The summed E-state index contributed by atoms with van der Waals surface area (Å²) >= 11 is 0. The zero-order valence-electron chi connectivity index (χ0n) is 8.87. The van der Waals surface area contributed by atoms with Crippen LogP contribution in [-0.4, -0.2) is 61.2 Å². The van der Waals surface area contributed by atoms with Crippen molar-refractivity contribution in [3.8, 4) is 12.3 Å². The van der Waals surface area contributed by atoms with Crippen LogP contribution in [0.5, 0.6) is 0 Å². The highest BCUT2D eigenvalue weighted by molar-refractivity contribution is 4.97. The lowest BCUT2D eigenvalue weighted by Gasteiger charge is -2.47. The van der Waals surface area contributed by atoms with Gasteiger partial charge in [0, 0.05) is 45.3 Å². The molecule has 0 aromatic carbocycles. The molecule has 3 aliphatic heterocycles. The van der Waals surface area contributed by atoms with E-state index in [-0.39, 0.29) is 6.04 Å². The first-order valence-electron chi connectivity index (χ1n) is 5.45. The summed E-state index contributed by atoms with van der Waals surface area (Å²) < 4.78 is 0. The standard InChI is InChI=1S/C11H19N3/c1-3-10(2)12-8-11-9-13-4-6-14(11)7-5-13/h1,10-12H,4-9H2,2H3. The third-order valence-electron chi connectivity index (χ3n) is 3.30. The smallest absolute Gasteiger partial charge is 0.0658 e. The Bertz CT molecular complexity index is 225. The average molecular weight is 193 g/mol. The van der Waals surface area contributed by atoms with E-state index in [1.54, 1.807) is 0 Å². The number of terminal acetylenes is 1. The minimum absolute atomic E-state index is 0.201. The third-order valence-corrected chi connectivity index (χ3v) is 3.30. The number of nitrogens with one attached hydrogen (secondary N) is 1. The summed E-state index contributed by atoms with van der Waals surface area (Å²) in [4.78, 5) is 5.13. The SMILES string of the molecule is C#CC(C)NCC1CN2CCN1CC2. The molecular weight excluding hydrogens is 174 g/mol. The molecule has 0 amide bonds. The van der Waals surface area contributed by atoms with Crippen LogP contribution in [0.25, 0.3) is 0 Å². The Labute approximate surface area is 86.4 Å². The Hall–Kier alpha value is -0.560. The second-order valence-corrected chi connectivity index (χ2v) is 4.29. The molecular formula is C11H19N3. The summed E-state index contributed by atoms with van der Waals surface area (Å²) in [5.41, 5.74) is 0. The van der Waals surface area contributed by atoms with Crippen molar-refractivity contribution in [2.45, 2.75) is 19.0 Å². The maximum Gasteiger partial charge on any atom is 0.0658 e. The van der Waals surface area contributed by atoms with E-state index in [2.05, 4.69) is 21.0 Å². The van der Waals surface area contributed by atoms with Gasteiger partial charge in [-0.2, -0.15) is 0 Å². The van der Waals surface area contributed by atoms with Gasteiger partial charge in [0.25, 0.3) is 0 Å². The Balaban J connectivity index is 1.79. The van der Waals surface area contributed by atoms with Crippen molar-refractivity contribution in [3.05, 3.63) is 0 Å². The average Bonchev–Trinajstić information content (AvgIpc) is 2.27. The van der Waals surface area contributed by atoms with Crippen LogP contribution in [0.15, 0.2) is 0 Å². The molecule has 0 aromatic rings. The molecule has 0 radical (unpaired) electrons. The van der Waals surface area contributed by atoms with Crippen molar-refractivity contribution in [2.75, 3.05) is 39.3 Å². The molecule has 2 atom stereocenters. The lowest BCUT2D eigenvalue weighted by atomic mass is 10.1. The number of hydrogen-bond donors (Lipinski definition) is 1. The topological polar surface area (TPSA) is 18.5 Å². The Kier molecular flexibility index (Phi) is 3.07. The molecule has 3 fully saturated rings. The van der Waals surface area contributed by atoms with E-state index in [1.807, 2.05) is 6.92 Å². The van der Waals surface area contributed by atoms with Crippen LogP contribution >= 0.6 is 0 Å². The first-order chi connectivity index (χ1) is 6.79. The van der Waals surface area contributed by atoms with Crippen molar-refractivity contribution in [1.82, 2.24) is 15.1 Å².